The zero-order valence-electron chi connectivity index (χ0n) is 11.5. The molecule has 0 radical (unpaired) electrons. The first-order valence-corrected chi connectivity index (χ1v) is 6.92. The summed E-state index contributed by atoms with van der Waals surface area (Å²) in [5.41, 5.74) is 3.35. The van der Waals surface area contributed by atoms with Gasteiger partial charge < -0.3 is 9.84 Å². The average Bonchev–Trinajstić information content (AvgIpc) is 2.47. The largest absolute Gasteiger partial charge is 0.508 e. The summed E-state index contributed by atoms with van der Waals surface area (Å²) in [5, 5.41) is 13.7. The van der Waals surface area contributed by atoms with Crippen LogP contribution in [0.15, 0.2) is 41.5 Å². The van der Waals surface area contributed by atoms with E-state index in [0.29, 0.717) is 26.9 Å². The second-order valence-electron chi connectivity index (χ2n) is 4.26. The van der Waals surface area contributed by atoms with Gasteiger partial charge in [0.1, 0.15) is 5.75 Å². The summed E-state index contributed by atoms with van der Waals surface area (Å²) in [7, 11) is 1.47. The number of hydrazone groups is 1. The molecule has 5 nitrogen and oxygen atoms in total. The van der Waals surface area contributed by atoms with Crippen molar-refractivity contribution in [2.24, 2.45) is 5.10 Å². The lowest BCUT2D eigenvalue weighted by Crippen LogP contribution is -2.17. The third kappa shape index (κ3) is 3.90. The van der Waals surface area contributed by atoms with Gasteiger partial charge in [0.2, 0.25) is 0 Å². The Kier molecular flexibility index (Phi) is 5.25. The van der Waals surface area contributed by atoms with Crippen LogP contribution in [0.4, 0.5) is 0 Å². The predicted octanol–water partition coefficient (Wildman–Crippen LogP) is 3.47. The lowest BCUT2D eigenvalue weighted by molar-refractivity contribution is 0.0955. The molecule has 0 heterocycles. The molecule has 0 saturated heterocycles. The van der Waals surface area contributed by atoms with Crippen molar-refractivity contribution in [1.29, 1.82) is 0 Å². The normalized spacial score (nSPS) is 10.7. The van der Waals surface area contributed by atoms with Crippen molar-refractivity contribution in [3.63, 3.8) is 0 Å². The molecular weight excluding hydrogens is 327 g/mol. The number of halogens is 2. The maximum Gasteiger partial charge on any atom is 0.271 e. The summed E-state index contributed by atoms with van der Waals surface area (Å²) < 4.78 is 5.04. The average molecular weight is 339 g/mol. The summed E-state index contributed by atoms with van der Waals surface area (Å²) in [6.07, 6.45) is 1.41. The maximum absolute atomic E-state index is 11.8. The Morgan fingerprint density at radius 3 is 2.36 bits per heavy atom. The minimum Gasteiger partial charge on any atom is -0.508 e. The molecule has 0 aromatic heterocycles. The Hall–Kier alpha value is -2.24. The van der Waals surface area contributed by atoms with Crippen molar-refractivity contribution in [2.45, 2.75) is 0 Å². The first kappa shape index (κ1) is 16.1. The minimum absolute atomic E-state index is 0.0857. The van der Waals surface area contributed by atoms with Crippen LogP contribution in [0.5, 0.6) is 11.5 Å². The van der Waals surface area contributed by atoms with Crippen LogP contribution < -0.4 is 10.2 Å². The smallest absolute Gasteiger partial charge is 0.271 e. The highest BCUT2D eigenvalue weighted by atomic mass is 35.5. The SMILES string of the molecule is COc1c(Cl)cc(/C=N\NC(=O)c2ccc(O)cc2)cc1Cl. The Morgan fingerprint density at radius 1 is 1.23 bits per heavy atom. The third-order valence-electron chi connectivity index (χ3n) is 2.73. The summed E-state index contributed by atoms with van der Waals surface area (Å²) in [5.74, 6) is 0.0677. The van der Waals surface area contributed by atoms with Crippen molar-refractivity contribution in [1.82, 2.24) is 5.43 Å². The summed E-state index contributed by atoms with van der Waals surface area (Å²) in [6, 6.07) is 9.04. The monoisotopic (exact) mass is 338 g/mol. The summed E-state index contributed by atoms with van der Waals surface area (Å²) in [4.78, 5) is 11.8. The minimum atomic E-state index is -0.401. The maximum atomic E-state index is 11.8. The van der Waals surface area contributed by atoms with Gasteiger partial charge in [-0.2, -0.15) is 5.10 Å². The standard InChI is InChI=1S/C15H12Cl2N2O3/c1-22-14-12(16)6-9(7-13(14)17)8-18-19-15(21)10-2-4-11(20)5-3-10/h2-8,20H,1H3,(H,19,21)/b18-8-. The molecule has 0 spiro atoms. The Labute approximate surface area is 137 Å². The summed E-state index contributed by atoms with van der Waals surface area (Å²) in [6.45, 7) is 0. The summed E-state index contributed by atoms with van der Waals surface area (Å²) >= 11 is 12.0. The van der Waals surface area contributed by atoms with Crippen LogP contribution in [-0.4, -0.2) is 24.3 Å². The zero-order valence-corrected chi connectivity index (χ0v) is 13.0. The van der Waals surface area contributed by atoms with E-state index in [1.54, 1.807) is 12.1 Å². The fourth-order valence-electron chi connectivity index (χ4n) is 1.69. The van der Waals surface area contributed by atoms with E-state index in [1.807, 2.05) is 0 Å². The molecule has 2 aromatic rings. The fourth-order valence-corrected chi connectivity index (χ4v) is 2.35. The second kappa shape index (κ2) is 7.15. The van der Waals surface area contributed by atoms with Crippen LogP contribution in [-0.2, 0) is 0 Å². The number of carbonyl (C=O) groups excluding carboxylic acids is 1. The lowest BCUT2D eigenvalue weighted by Gasteiger charge is -2.06. The molecule has 0 aliphatic rings. The molecule has 0 fully saturated rings. The number of hydrogen-bond donors (Lipinski definition) is 2. The van der Waals surface area contributed by atoms with E-state index < -0.39 is 5.91 Å². The molecule has 0 atom stereocenters. The highest BCUT2D eigenvalue weighted by molar-refractivity contribution is 6.37. The van der Waals surface area contributed by atoms with E-state index >= 15 is 0 Å². The third-order valence-corrected chi connectivity index (χ3v) is 3.30. The second-order valence-corrected chi connectivity index (χ2v) is 5.08. The van der Waals surface area contributed by atoms with Crippen LogP contribution in [0.1, 0.15) is 15.9 Å². The molecule has 0 aliphatic carbocycles. The van der Waals surface area contributed by atoms with Gasteiger partial charge in [-0.1, -0.05) is 23.2 Å². The lowest BCUT2D eigenvalue weighted by atomic mass is 10.2. The molecule has 22 heavy (non-hydrogen) atoms. The first-order valence-electron chi connectivity index (χ1n) is 6.16. The van der Waals surface area contributed by atoms with Gasteiger partial charge in [-0.05, 0) is 42.0 Å². The van der Waals surface area contributed by atoms with E-state index in [-0.39, 0.29) is 5.75 Å². The number of ether oxygens (including phenoxy) is 1. The molecule has 2 aromatic carbocycles. The highest BCUT2D eigenvalue weighted by Crippen LogP contribution is 2.33. The Morgan fingerprint density at radius 2 is 1.82 bits per heavy atom. The van der Waals surface area contributed by atoms with Crippen LogP contribution in [0.25, 0.3) is 0 Å². The van der Waals surface area contributed by atoms with Crippen LogP contribution in [0, 0.1) is 0 Å². The Bertz CT molecular complexity index is 692. The van der Waals surface area contributed by atoms with Gasteiger partial charge in [0.05, 0.1) is 23.4 Å². The number of carbonyl (C=O) groups is 1. The van der Waals surface area contributed by atoms with Crippen LogP contribution in [0.2, 0.25) is 10.0 Å². The number of nitrogens with zero attached hydrogens (tertiary/aromatic N) is 1. The topological polar surface area (TPSA) is 70.9 Å². The molecular formula is C15H12Cl2N2O3. The van der Waals surface area contributed by atoms with Gasteiger partial charge in [-0.15, -0.1) is 0 Å². The molecule has 1 amide bonds. The van der Waals surface area contributed by atoms with Gasteiger partial charge in [-0.25, -0.2) is 5.43 Å². The first-order chi connectivity index (χ1) is 10.5. The quantitative estimate of drug-likeness (QED) is 0.662. The van der Waals surface area contributed by atoms with E-state index in [2.05, 4.69) is 10.5 Å². The molecule has 0 bridgehead atoms. The number of aromatic hydroxyl groups is 1. The molecule has 0 unspecified atom stereocenters. The van der Waals surface area contributed by atoms with Gasteiger partial charge >= 0.3 is 0 Å². The van der Waals surface area contributed by atoms with Gasteiger partial charge in [0.25, 0.3) is 5.91 Å². The highest BCUT2D eigenvalue weighted by Gasteiger charge is 2.08. The number of methoxy groups -OCH3 is 1. The van der Waals surface area contributed by atoms with Crippen molar-refractivity contribution in [3.8, 4) is 11.5 Å². The van der Waals surface area contributed by atoms with Crippen molar-refractivity contribution in [3.05, 3.63) is 57.6 Å². The Balaban J connectivity index is 2.06. The van der Waals surface area contributed by atoms with Crippen molar-refractivity contribution >= 4 is 35.3 Å². The van der Waals surface area contributed by atoms with Gasteiger partial charge in [0, 0.05) is 5.56 Å². The predicted molar refractivity (Wildman–Crippen MR) is 86.2 cm³/mol. The number of phenols is 1. The molecule has 0 aliphatic heterocycles. The number of amides is 1. The molecule has 2 rings (SSSR count). The molecule has 114 valence electrons. The van der Waals surface area contributed by atoms with E-state index in [4.69, 9.17) is 33.0 Å². The molecule has 2 N–H and O–H groups in total. The number of hydrogen-bond acceptors (Lipinski definition) is 4. The number of nitrogens with one attached hydrogen (secondary N) is 1. The van der Waals surface area contributed by atoms with Crippen LogP contribution in [0.3, 0.4) is 0 Å². The fraction of sp³-hybridized carbons (Fsp3) is 0.0667. The van der Waals surface area contributed by atoms with E-state index in [9.17, 15) is 4.79 Å². The van der Waals surface area contributed by atoms with Gasteiger partial charge in [-0.3, -0.25) is 4.79 Å². The van der Waals surface area contributed by atoms with Crippen LogP contribution >= 0.6 is 23.2 Å². The van der Waals surface area contributed by atoms with Crippen molar-refractivity contribution < 1.29 is 14.6 Å². The van der Waals surface area contributed by atoms with Crippen molar-refractivity contribution in [2.75, 3.05) is 7.11 Å². The van der Waals surface area contributed by atoms with Gasteiger partial charge in [0.15, 0.2) is 5.75 Å². The molecule has 0 saturated carbocycles. The number of benzene rings is 2. The molecule has 7 heteroatoms. The zero-order chi connectivity index (χ0) is 16.1. The van der Waals surface area contributed by atoms with E-state index in [0.717, 1.165) is 0 Å². The van der Waals surface area contributed by atoms with E-state index in [1.165, 1.54) is 37.6 Å². The number of phenolic OH excluding ortho intramolecular Hbond substituents is 1. The number of rotatable bonds is 4.